The Balaban J connectivity index is 2.55. The second-order valence-electron chi connectivity index (χ2n) is 3.31. The van der Waals surface area contributed by atoms with Crippen molar-refractivity contribution < 1.29 is 14.3 Å². The van der Waals surface area contributed by atoms with E-state index >= 15 is 0 Å². The molecule has 1 rings (SSSR count). The molecule has 0 saturated carbocycles. The summed E-state index contributed by atoms with van der Waals surface area (Å²) in [4.78, 5) is 11.5. The smallest absolute Gasteiger partial charge is 0.255 e. The highest BCUT2D eigenvalue weighted by molar-refractivity contribution is 6.17. The summed E-state index contributed by atoms with van der Waals surface area (Å²) in [6, 6.07) is 3.26. The summed E-state index contributed by atoms with van der Waals surface area (Å²) in [6.07, 6.45) is 1.56. The molecule has 1 aromatic rings. The summed E-state index contributed by atoms with van der Waals surface area (Å²) >= 11 is 5.48. The van der Waals surface area contributed by atoms with Crippen molar-refractivity contribution in [1.29, 1.82) is 0 Å². The fourth-order valence-electron chi connectivity index (χ4n) is 1.21. The van der Waals surface area contributed by atoms with Crippen molar-refractivity contribution in [1.82, 2.24) is 5.32 Å². The molecule has 0 unspecified atom stereocenters. The maximum absolute atomic E-state index is 12.8. The lowest BCUT2D eigenvalue weighted by molar-refractivity contribution is 0.0950. The van der Waals surface area contributed by atoms with E-state index in [1.54, 1.807) is 0 Å². The fourth-order valence-corrected chi connectivity index (χ4v) is 1.40. The zero-order chi connectivity index (χ0) is 12.0. The van der Waals surface area contributed by atoms with E-state index in [2.05, 4.69) is 5.32 Å². The minimum atomic E-state index is -0.552. The minimum absolute atomic E-state index is 0.0501. The number of nitrogens with one attached hydrogen (secondary N) is 1. The lowest BCUT2D eigenvalue weighted by atomic mass is 10.2. The number of phenols is 1. The van der Waals surface area contributed by atoms with E-state index in [-0.39, 0.29) is 11.3 Å². The van der Waals surface area contributed by atoms with Crippen molar-refractivity contribution in [3.05, 3.63) is 29.6 Å². The van der Waals surface area contributed by atoms with Crippen LogP contribution < -0.4 is 5.32 Å². The Morgan fingerprint density at radius 2 is 2.19 bits per heavy atom. The molecule has 0 fully saturated rings. The van der Waals surface area contributed by atoms with Gasteiger partial charge in [-0.1, -0.05) is 0 Å². The van der Waals surface area contributed by atoms with Gasteiger partial charge in [0.2, 0.25) is 0 Å². The zero-order valence-corrected chi connectivity index (χ0v) is 9.43. The summed E-state index contributed by atoms with van der Waals surface area (Å²) < 4.78 is 12.8. The van der Waals surface area contributed by atoms with E-state index < -0.39 is 11.7 Å². The summed E-state index contributed by atoms with van der Waals surface area (Å²) in [5.41, 5.74) is -0.0501. The first kappa shape index (κ1) is 12.8. The predicted molar refractivity (Wildman–Crippen MR) is 60.4 cm³/mol. The molecule has 2 N–H and O–H groups in total. The number of phenolic OH excluding ortho intramolecular Hbond substituents is 1. The van der Waals surface area contributed by atoms with Crippen molar-refractivity contribution in [2.75, 3.05) is 12.4 Å². The molecule has 3 nitrogen and oxygen atoms in total. The summed E-state index contributed by atoms with van der Waals surface area (Å²) in [5.74, 6) is -0.715. The van der Waals surface area contributed by atoms with Gasteiger partial charge in [0.25, 0.3) is 5.91 Å². The molecule has 1 aromatic carbocycles. The molecule has 1 amide bonds. The van der Waals surface area contributed by atoms with Gasteiger partial charge >= 0.3 is 0 Å². The van der Waals surface area contributed by atoms with E-state index in [0.717, 1.165) is 31.0 Å². The maximum Gasteiger partial charge on any atom is 0.255 e. The molecule has 0 bridgehead atoms. The molecule has 0 aromatic heterocycles. The first-order chi connectivity index (χ1) is 7.65. The summed E-state index contributed by atoms with van der Waals surface area (Å²) in [5, 5.41) is 11.9. The second-order valence-corrected chi connectivity index (χ2v) is 3.69. The number of alkyl halides is 1. The van der Waals surface area contributed by atoms with Gasteiger partial charge < -0.3 is 10.4 Å². The van der Waals surface area contributed by atoms with Crippen LogP contribution in [0.15, 0.2) is 18.2 Å². The van der Waals surface area contributed by atoms with E-state index in [1.807, 2.05) is 0 Å². The van der Waals surface area contributed by atoms with Gasteiger partial charge in [-0.2, -0.15) is 0 Å². The standard InChI is InChI=1S/C11H13ClFNO2/c12-5-1-2-6-14-11(16)9-7-8(13)3-4-10(9)15/h3-4,7,15H,1-2,5-6H2,(H,14,16). The lowest BCUT2D eigenvalue weighted by Gasteiger charge is -2.06. The normalized spacial score (nSPS) is 10.1. The van der Waals surface area contributed by atoms with Crippen LogP contribution >= 0.6 is 11.6 Å². The molecule has 0 spiro atoms. The van der Waals surface area contributed by atoms with Gasteiger partial charge in [0, 0.05) is 12.4 Å². The highest BCUT2D eigenvalue weighted by atomic mass is 35.5. The molecule has 0 aliphatic heterocycles. The number of unbranched alkanes of at least 4 members (excludes halogenated alkanes) is 1. The van der Waals surface area contributed by atoms with Gasteiger partial charge in [0.05, 0.1) is 5.56 Å². The third kappa shape index (κ3) is 3.70. The van der Waals surface area contributed by atoms with Gasteiger partial charge in [-0.3, -0.25) is 4.79 Å². The number of amides is 1. The second kappa shape index (κ2) is 6.33. The monoisotopic (exact) mass is 245 g/mol. The lowest BCUT2D eigenvalue weighted by Crippen LogP contribution is -2.24. The maximum atomic E-state index is 12.8. The first-order valence-electron chi connectivity index (χ1n) is 4.98. The quantitative estimate of drug-likeness (QED) is 0.618. The Labute approximate surface area is 98.2 Å². The minimum Gasteiger partial charge on any atom is -0.507 e. The highest BCUT2D eigenvalue weighted by Gasteiger charge is 2.11. The largest absolute Gasteiger partial charge is 0.507 e. The Kier molecular flexibility index (Phi) is 5.05. The molecule has 16 heavy (non-hydrogen) atoms. The zero-order valence-electron chi connectivity index (χ0n) is 8.67. The van der Waals surface area contributed by atoms with E-state index in [9.17, 15) is 14.3 Å². The van der Waals surface area contributed by atoms with E-state index in [4.69, 9.17) is 11.6 Å². The van der Waals surface area contributed by atoms with Crippen LogP contribution in [-0.4, -0.2) is 23.4 Å². The third-order valence-corrected chi connectivity index (χ3v) is 2.32. The SMILES string of the molecule is O=C(NCCCCCl)c1cc(F)ccc1O. The van der Waals surface area contributed by atoms with E-state index in [1.165, 1.54) is 0 Å². The van der Waals surface area contributed by atoms with Crippen molar-refractivity contribution >= 4 is 17.5 Å². The van der Waals surface area contributed by atoms with Crippen LogP contribution in [0.3, 0.4) is 0 Å². The number of halogens is 2. The molecule has 0 aliphatic carbocycles. The van der Waals surface area contributed by atoms with Gasteiger partial charge in [-0.25, -0.2) is 4.39 Å². The molecule has 0 aliphatic rings. The number of aromatic hydroxyl groups is 1. The molecule has 0 radical (unpaired) electrons. The highest BCUT2D eigenvalue weighted by Crippen LogP contribution is 2.17. The average molecular weight is 246 g/mol. The number of carbonyl (C=O) groups is 1. The average Bonchev–Trinajstić information content (AvgIpc) is 2.27. The van der Waals surface area contributed by atoms with Crippen LogP contribution in [0.1, 0.15) is 23.2 Å². The molecular weight excluding hydrogens is 233 g/mol. The number of hydrogen-bond donors (Lipinski definition) is 2. The van der Waals surface area contributed by atoms with Crippen LogP contribution in [0.5, 0.6) is 5.75 Å². The number of hydrogen-bond acceptors (Lipinski definition) is 2. The molecule has 5 heteroatoms. The number of carbonyl (C=O) groups excluding carboxylic acids is 1. The van der Waals surface area contributed by atoms with Crippen molar-refractivity contribution in [2.24, 2.45) is 0 Å². The van der Waals surface area contributed by atoms with Crippen molar-refractivity contribution in [2.45, 2.75) is 12.8 Å². The van der Waals surface area contributed by atoms with Crippen LogP contribution in [0.2, 0.25) is 0 Å². The third-order valence-electron chi connectivity index (χ3n) is 2.05. The van der Waals surface area contributed by atoms with Gasteiger partial charge in [0.15, 0.2) is 0 Å². The molecular formula is C11H13ClFNO2. The number of benzene rings is 1. The van der Waals surface area contributed by atoms with Gasteiger partial charge in [-0.15, -0.1) is 11.6 Å². The van der Waals surface area contributed by atoms with Crippen molar-refractivity contribution in [3.8, 4) is 5.75 Å². The topological polar surface area (TPSA) is 49.3 Å². The fraction of sp³-hybridized carbons (Fsp3) is 0.364. The Bertz CT molecular complexity index is 371. The summed E-state index contributed by atoms with van der Waals surface area (Å²) in [7, 11) is 0. The molecule has 0 atom stereocenters. The van der Waals surface area contributed by atoms with Gasteiger partial charge in [-0.05, 0) is 31.0 Å². The first-order valence-corrected chi connectivity index (χ1v) is 5.51. The summed E-state index contributed by atoms with van der Waals surface area (Å²) in [6.45, 7) is 0.460. The van der Waals surface area contributed by atoms with E-state index in [0.29, 0.717) is 12.4 Å². The van der Waals surface area contributed by atoms with Crippen LogP contribution in [0.25, 0.3) is 0 Å². The Hall–Kier alpha value is -1.29. The Morgan fingerprint density at radius 1 is 1.44 bits per heavy atom. The van der Waals surface area contributed by atoms with Gasteiger partial charge in [0.1, 0.15) is 11.6 Å². The molecule has 0 heterocycles. The predicted octanol–water partition coefficient (Wildman–Crippen LogP) is 2.28. The number of rotatable bonds is 5. The van der Waals surface area contributed by atoms with Crippen LogP contribution in [-0.2, 0) is 0 Å². The Morgan fingerprint density at radius 3 is 2.88 bits per heavy atom. The van der Waals surface area contributed by atoms with Crippen molar-refractivity contribution in [3.63, 3.8) is 0 Å². The molecule has 88 valence electrons. The van der Waals surface area contributed by atoms with Crippen LogP contribution in [0.4, 0.5) is 4.39 Å². The molecule has 0 saturated heterocycles. The van der Waals surface area contributed by atoms with Crippen LogP contribution in [0, 0.1) is 5.82 Å².